The minimum atomic E-state index is -1.06. The summed E-state index contributed by atoms with van der Waals surface area (Å²) in [5.74, 6) is -1.06. The Kier molecular flexibility index (Phi) is 4.40. The second kappa shape index (κ2) is 5.09. The Morgan fingerprint density at radius 2 is 2.08 bits per heavy atom. The molecule has 3 N–H and O–H groups in total. The van der Waals surface area contributed by atoms with Crippen LogP contribution >= 0.6 is 0 Å². The summed E-state index contributed by atoms with van der Waals surface area (Å²) in [7, 11) is 1.00. The number of aliphatic hydroxyl groups is 1. The van der Waals surface area contributed by atoms with Crippen LogP contribution in [0.25, 0.3) is 0 Å². The van der Waals surface area contributed by atoms with Gasteiger partial charge >= 0.3 is 5.97 Å². The Hall–Kier alpha value is -1.62. The highest BCUT2D eigenvalue weighted by Crippen LogP contribution is 1.98. The minimum absolute atomic E-state index is 0.0297. The second-order valence-corrected chi connectivity index (χ2v) is 1.75. The van der Waals surface area contributed by atoms with Gasteiger partial charge in [0.05, 0.1) is 5.69 Å². The first-order chi connectivity index (χ1) is 5.74. The lowest BCUT2D eigenvalue weighted by atomic mass is 10.4. The van der Waals surface area contributed by atoms with Crippen molar-refractivity contribution in [1.29, 1.82) is 0 Å². The maximum absolute atomic E-state index is 10.2. The van der Waals surface area contributed by atoms with Gasteiger partial charge in [0.2, 0.25) is 0 Å². The number of carbonyl (C=O) groups is 2. The molecule has 66 valence electrons. The van der Waals surface area contributed by atoms with Gasteiger partial charge in [-0.2, -0.15) is 0 Å². The van der Waals surface area contributed by atoms with Gasteiger partial charge < -0.3 is 15.2 Å². The molecule has 0 bridgehead atoms. The molecule has 5 heteroatoms. The Labute approximate surface area is 68.7 Å². The number of hydrogen-bond donors (Lipinski definition) is 3. The highest BCUT2D eigenvalue weighted by atomic mass is 16.4. The van der Waals surface area contributed by atoms with Crippen LogP contribution in [0.4, 0.5) is 0 Å². The molecule has 0 aliphatic heterocycles. The van der Waals surface area contributed by atoms with E-state index < -0.39 is 5.97 Å². The van der Waals surface area contributed by atoms with Gasteiger partial charge in [-0.25, -0.2) is 4.79 Å². The van der Waals surface area contributed by atoms with Gasteiger partial charge in [0.1, 0.15) is 5.69 Å². The monoisotopic (exact) mass is 171 g/mol. The van der Waals surface area contributed by atoms with Crippen LogP contribution in [0, 0.1) is 0 Å². The van der Waals surface area contributed by atoms with Crippen LogP contribution in [0.2, 0.25) is 0 Å². The van der Waals surface area contributed by atoms with E-state index in [9.17, 15) is 9.59 Å². The van der Waals surface area contributed by atoms with E-state index in [-0.39, 0.29) is 11.4 Å². The van der Waals surface area contributed by atoms with Crippen LogP contribution in [0.5, 0.6) is 0 Å². The lowest BCUT2D eigenvalue weighted by Gasteiger charge is -1.83. The second-order valence-electron chi connectivity index (χ2n) is 1.75. The SMILES string of the molecule is CO.O=Cc1ccc(C(=O)O)[nH]1. The van der Waals surface area contributed by atoms with Crippen LogP contribution in [-0.4, -0.2) is 34.6 Å². The molecule has 0 atom stereocenters. The predicted molar refractivity (Wildman–Crippen MR) is 41.3 cm³/mol. The van der Waals surface area contributed by atoms with Gasteiger partial charge in [-0.1, -0.05) is 0 Å². The summed E-state index contributed by atoms with van der Waals surface area (Å²) < 4.78 is 0. The van der Waals surface area contributed by atoms with Crippen LogP contribution in [0.15, 0.2) is 12.1 Å². The molecule has 0 fully saturated rings. The number of aliphatic hydroxyl groups excluding tert-OH is 1. The Balaban J connectivity index is 0.000000561. The summed E-state index contributed by atoms with van der Waals surface area (Å²) in [6.07, 6.45) is 0.562. The zero-order valence-corrected chi connectivity index (χ0v) is 6.44. The number of aromatic carboxylic acids is 1. The number of hydrogen-bond acceptors (Lipinski definition) is 3. The largest absolute Gasteiger partial charge is 0.477 e. The molecule has 0 spiro atoms. The third-order valence-corrected chi connectivity index (χ3v) is 1.07. The van der Waals surface area contributed by atoms with Crippen molar-refractivity contribution in [2.75, 3.05) is 7.11 Å². The quantitative estimate of drug-likeness (QED) is 0.552. The molecule has 0 unspecified atom stereocenters. The fourth-order valence-corrected chi connectivity index (χ4v) is 0.605. The summed E-state index contributed by atoms with van der Waals surface area (Å²) in [6, 6.07) is 2.75. The van der Waals surface area contributed by atoms with E-state index in [0.717, 1.165) is 7.11 Å². The number of carbonyl (C=O) groups excluding carboxylic acids is 1. The van der Waals surface area contributed by atoms with Crippen LogP contribution in [-0.2, 0) is 0 Å². The van der Waals surface area contributed by atoms with Crippen LogP contribution in [0.3, 0.4) is 0 Å². The van der Waals surface area contributed by atoms with Crippen molar-refractivity contribution in [3.63, 3.8) is 0 Å². The van der Waals surface area contributed by atoms with Crippen molar-refractivity contribution in [3.8, 4) is 0 Å². The third kappa shape index (κ3) is 2.55. The zero-order valence-electron chi connectivity index (χ0n) is 6.44. The Bertz CT molecular complexity index is 266. The van der Waals surface area contributed by atoms with E-state index in [1.165, 1.54) is 12.1 Å². The van der Waals surface area contributed by atoms with Gasteiger partial charge in [-0.15, -0.1) is 0 Å². The van der Waals surface area contributed by atoms with E-state index in [2.05, 4.69) is 4.98 Å². The molecule has 0 amide bonds. The normalized spacial score (nSPS) is 8.17. The molecule has 0 saturated carbocycles. The average Bonchev–Trinajstić information content (AvgIpc) is 2.55. The number of carboxylic acids is 1. The summed E-state index contributed by atoms with van der Waals surface area (Å²) in [5, 5.41) is 15.3. The van der Waals surface area contributed by atoms with Crippen molar-refractivity contribution in [2.24, 2.45) is 0 Å². The number of H-pyrrole nitrogens is 1. The van der Waals surface area contributed by atoms with Crippen molar-refractivity contribution >= 4 is 12.3 Å². The Morgan fingerprint density at radius 1 is 1.50 bits per heavy atom. The smallest absolute Gasteiger partial charge is 0.352 e. The third-order valence-electron chi connectivity index (χ3n) is 1.07. The molecule has 1 aromatic heterocycles. The number of aromatic nitrogens is 1. The molecule has 0 radical (unpaired) electrons. The van der Waals surface area contributed by atoms with Crippen LogP contribution < -0.4 is 0 Å². The van der Waals surface area contributed by atoms with Crippen molar-refractivity contribution in [2.45, 2.75) is 0 Å². The maximum atomic E-state index is 10.2. The van der Waals surface area contributed by atoms with E-state index >= 15 is 0 Å². The lowest BCUT2D eigenvalue weighted by molar-refractivity contribution is 0.0691. The number of aldehydes is 1. The molecule has 1 aromatic rings. The van der Waals surface area contributed by atoms with Gasteiger partial charge in [0.15, 0.2) is 6.29 Å². The van der Waals surface area contributed by atoms with Gasteiger partial charge in [0.25, 0.3) is 0 Å². The number of nitrogens with one attached hydrogen (secondary N) is 1. The highest BCUT2D eigenvalue weighted by molar-refractivity contribution is 5.87. The average molecular weight is 171 g/mol. The Morgan fingerprint density at radius 3 is 2.33 bits per heavy atom. The molecule has 1 rings (SSSR count). The molecular weight excluding hydrogens is 162 g/mol. The van der Waals surface area contributed by atoms with E-state index in [1.54, 1.807) is 0 Å². The minimum Gasteiger partial charge on any atom is -0.477 e. The molecule has 0 saturated heterocycles. The first kappa shape index (κ1) is 10.4. The lowest BCUT2D eigenvalue weighted by Crippen LogP contribution is -1.95. The number of aromatic amines is 1. The van der Waals surface area contributed by atoms with E-state index in [4.69, 9.17) is 10.2 Å². The van der Waals surface area contributed by atoms with E-state index in [0.29, 0.717) is 6.29 Å². The van der Waals surface area contributed by atoms with Crippen molar-refractivity contribution in [3.05, 3.63) is 23.5 Å². The zero-order chi connectivity index (χ0) is 9.56. The summed E-state index contributed by atoms with van der Waals surface area (Å²) >= 11 is 0. The summed E-state index contributed by atoms with van der Waals surface area (Å²) in [6.45, 7) is 0. The molecule has 12 heavy (non-hydrogen) atoms. The van der Waals surface area contributed by atoms with Crippen molar-refractivity contribution < 1.29 is 19.8 Å². The summed E-state index contributed by atoms with van der Waals surface area (Å²) in [4.78, 5) is 22.6. The first-order valence-corrected chi connectivity index (χ1v) is 3.06. The molecule has 5 nitrogen and oxygen atoms in total. The highest BCUT2D eigenvalue weighted by Gasteiger charge is 2.03. The molecule has 0 aliphatic carbocycles. The van der Waals surface area contributed by atoms with Crippen LogP contribution in [0.1, 0.15) is 21.0 Å². The van der Waals surface area contributed by atoms with Gasteiger partial charge in [-0.05, 0) is 12.1 Å². The summed E-state index contributed by atoms with van der Waals surface area (Å²) in [5.41, 5.74) is 0.305. The van der Waals surface area contributed by atoms with E-state index in [1.807, 2.05) is 0 Å². The fourth-order valence-electron chi connectivity index (χ4n) is 0.605. The van der Waals surface area contributed by atoms with Gasteiger partial charge in [-0.3, -0.25) is 4.79 Å². The molecule has 1 heterocycles. The van der Waals surface area contributed by atoms with Gasteiger partial charge in [0, 0.05) is 7.11 Å². The molecule has 0 aliphatic rings. The fraction of sp³-hybridized carbons (Fsp3) is 0.143. The number of carboxylic acid groups (broad SMARTS) is 1. The topological polar surface area (TPSA) is 90.4 Å². The van der Waals surface area contributed by atoms with Crippen molar-refractivity contribution in [1.82, 2.24) is 4.98 Å². The number of rotatable bonds is 2. The first-order valence-electron chi connectivity index (χ1n) is 3.06. The maximum Gasteiger partial charge on any atom is 0.352 e. The standard InChI is InChI=1S/C6H5NO3.CH4O/c8-3-4-1-2-5(7-4)6(9)10;1-2/h1-3,7H,(H,9,10);2H,1H3. The molecular formula is C7H9NO4. The molecule has 0 aromatic carbocycles. The predicted octanol–water partition coefficient (Wildman–Crippen LogP) is 0.134.